The Morgan fingerprint density at radius 3 is 2.91 bits per heavy atom. The number of hydrogen-bond donors (Lipinski definition) is 2. The molecule has 0 aliphatic carbocycles. The minimum absolute atomic E-state index is 0.00477. The molecule has 2 aromatic rings. The molecule has 0 radical (unpaired) electrons. The molecule has 0 bridgehead atoms. The molecule has 0 aromatic carbocycles. The number of anilines is 1. The van der Waals surface area contributed by atoms with Crippen molar-refractivity contribution in [2.24, 2.45) is 0 Å². The molecule has 0 saturated carbocycles. The molecule has 3 aliphatic heterocycles. The molecular formula is C24H34N6O2S. The largest absolute Gasteiger partial charge is 0.370 e. The predicted octanol–water partition coefficient (Wildman–Crippen LogP) is 2.99. The van der Waals surface area contributed by atoms with Crippen LogP contribution in [0.15, 0.2) is 18.5 Å². The van der Waals surface area contributed by atoms with Gasteiger partial charge in [-0.15, -0.1) is 11.3 Å². The molecule has 5 heterocycles. The van der Waals surface area contributed by atoms with Gasteiger partial charge in [-0.25, -0.2) is 14.8 Å². The molecule has 9 heteroatoms. The van der Waals surface area contributed by atoms with E-state index in [9.17, 15) is 4.79 Å². The Bertz CT molecular complexity index is 980. The monoisotopic (exact) mass is 470 g/mol. The van der Waals surface area contributed by atoms with Crippen LogP contribution in [0.4, 0.5) is 10.7 Å². The summed E-state index contributed by atoms with van der Waals surface area (Å²) in [5, 5.41) is 6.03. The van der Waals surface area contributed by atoms with Gasteiger partial charge in [0.05, 0.1) is 12.2 Å². The summed E-state index contributed by atoms with van der Waals surface area (Å²) in [5.41, 5.74) is 2.48. The van der Waals surface area contributed by atoms with Gasteiger partial charge >= 0.3 is 6.03 Å². The van der Waals surface area contributed by atoms with Crippen LogP contribution in [0, 0.1) is 0 Å². The van der Waals surface area contributed by atoms with Gasteiger partial charge in [0.1, 0.15) is 0 Å². The lowest BCUT2D eigenvalue weighted by Crippen LogP contribution is -2.50. The van der Waals surface area contributed by atoms with E-state index in [0.29, 0.717) is 25.1 Å². The molecule has 0 unspecified atom stereocenters. The van der Waals surface area contributed by atoms with Crippen LogP contribution >= 0.6 is 11.3 Å². The number of aromatic nitrogens is 2. The summed E-state index contributed by atoms with van der Waals surface area (Å²) in [6.07, 6.45) is 8.06. The summed E-state index contributed by atoms with van der Waals surface area (Å²) in [7, 11) is 0. The van der Waals surface area contributed by atoms with Crippen LogP contribution in [0.1, 0.15) is 47.6 Å². The normalized spacial score (nSPS) is 25.3. The quantitative estimate of drug-likeness (QED) is 0.647. The maximum Gasteiger partial charge on any atom is 0.317 e. The van der Waals surface area contributed by atoms with E-state index in [1.807, 2.05) is 23.7 Å². The van der Waals surface area contributed by atoms with Gasteiger partial charge in [0.25, 0.3) is 0 Å². The van der Waals surface area contributed by atoms with Gasteiger partial charge in [0.15, 0.2) is 0 Å². The summed E-state index contributed by atoms with van der Waals surface area (Å²) in [6.45, 7) is 10.0. The van der Waals surface area contributed by atoms with Crippen molar-refractivity contribution in [3.05, 3.63) is 39.3 Å². The van der Waals surface area contributed by atoms with Crippen LogP contribution in [0.2, 0.25) is 0 Å². The number of rotatable bonds is 7. The van der Waals surface area contributed by atoms with Gasteiger partial charge in [0.2, 0.25) is 5.95 Å². The number of amides is 2. The molecule has 3 aliphatic rings. The number of carbonyl (C=O) groups is 1. The van der Waals surface area contributed by atoms with Gasteiger partial charge in [-0.05, 0) is 37.8 Å². The van der Waals surface area contributed by atoms with E-state index in [2.05, 4.69) is 45.4 Å². The van der Waals surface area contributed by atoms with E-state index in [0.717, 1.165) is 64.0 Å². The lowest BCUT2D eigenvalue weighted by molar-refractivity contribution is -0.112. The lowest BCUT2D eigenvalue weighted by Gasteiger charge is -2.47. The van der Waals surface area contributed by atoms with Crippen molar-refractivity contribution in [3.63, 3.8) is 0 Å². The average molecular weight is 471 g/mol. The number of thiophene rings is 1. The van der Waals surface area contributed by atoms with Gasteiger partial charge in [-0.3, -0.25) is 4.90 Å². The number of hydrogen-bond acceptors (Lipinski definition) is 7. The van der Waals surface area contributed by atoms with Crippen LogP contribution in [0.3, 0.4) is 0 Å². The molecule has 2 N–H and O–H groups in total. The molecule has 5 rings (SSSR count). The van der Waals surface area contributed by atoms with E-state index in [1.165, 1.54) is 10.4 Å². The highest BCUT2D eigenvalue weighted by atomic mass is 32.1. The Balaban J connectivity index is 1.15. The first-order valence-electron chi connectivity index (χ1n) is 12.1. The first kappa shape index (κ1) is 22.6. The molecule has 1 spiro atoms. The summed E-state index contributed by atoms with van der Waals surface area (Å²) in [4.78, 5) is 27.9. The third kappa shape index (κ3) is 4.72. The number of ether oxygens (including phenoxy) is 1. The van der Waals surface area contributed by atoms with E-state index in [1.54, 1.807) is 9.78 Å². The topological polar surface area (TPSA) is 82.6 Å². The minimum atomic E-state index is -0.107. The number of urea groups is 1. The highest BCUT2D eigenvalue weighted by Crippen LogP contribution is 2.46. The van der Waals surface area contributed by atoms with Crippen LogP contribution in [0.5, 0.6) is 0 Å². The summed E-state index contributed by atoms with van der Waals surface area (Å²) >= 11 is 1.98. The number of nitrogens with zero attached hydrogens (tertiary/aromatic N) is 4. The van der Waals surface area contributed by atoms with Crippen molar-refractivity contribution < 1.29 is 9.53 Å². The number of carbonyl (C=O) groups excluding carboxylic acids is 1. The fourth-order valence-corrected chi connectivity index (χ4v) is 6.48. The number of aryl methyl sites for hydroxylation is 1. The van der Waals surface area contributed by atoms with Crippen LogP contribution in [0.25, 0.3) is 0 Å². The fourth-order valence-electron chi connectivity index (χ4n) is 5.30. The van der Waals surface area contributed by atoms with Gasteiger partial charge in [-0.2, -0.15) is 0 Å². The molecule has 2 saturated heterocycles. The molecule has 2 atom stereocenters. The van der Waals surface area contributed by atoms with E-state index < -0.39 is 0 Å². The first-order valence-corrected chi connectivity index (χ1v) is 13.0. The Kier molecular flexibility index (Phi) is 6.53. The molecular weight excluding hydrogens is 436 g/mol. The molecule has 2 aromatic heterocycles. The maximum atomic E-state index is 11.6. The number of nitrogens with one attached hydrogen (secondary N) is 2. The zero-order valence-corrected chi connectivity index (χ0v) is 20.4. The molecule has 8 nitrogen and oxygen atoms in total. The van der Waals surface area contributed by atoms with Crippen molar-refractivity contribution in [3.8, 4) is 0 Å². The predicted molar refractivity (Wildman–Crippen MR) is 130 cm³/mol. The highest BCUT2D eigenvalue weighted by Gasteiger charge is 2.44. The smallest absolute Gasteiger partial charge is 0.317 e. The first-order chi connectivity index (χ1) is 16.1. The second kappa shape index (κ2) is 9.56. The van der Waals surface area contributed by atoms with E-state index in [4.69, 9.17) is 4.74 Å². The second-order valence-corrected chi connectivity index (χ2v) is 10.6. The van der Waals surface area contributed by atoms with Crippen molar-refractivity contribution in [1.82, 2.24) is 25.1 Å². The Morgan fingerprint density at radius 2 is 2.18 bits per heavy atom. The van der Waals surface area contributed by atoms with Crippen LogP contribution < -0.4 is 10.6 Å². The Hall–Kier alpha value is -2.23. The summed E-state index contributed by atoms with van der Waals surface area (Å²) in [5.74, 6) is 0.608. The third-order valence-corrected chi connectivity index (χ3v) is 8.50. The number of likely N-dealkylation sites (tertiary alicyclic amines) is 1. The SMILES string of the molecule is CCc1cc2c(s1)CCO[C@@]21CCN(Cc2cnc(NCCN3CCNC3=O)nc2)[C@@H](C)C1. The van der Waals surface area contributed by atoms with Crippen molar-refractivity contribution in [2.75, 3.05) is 44.6 Å². The molecule has 2 fully saturated rings. The van der Waals surface area contributed by atoms with Gasteiger partial charge in [-0.1, -0.05) is 6.92 Å². The van der Waals surface area contributed by atoms with Crippen molar-refractivity contribution >= 4 is 23.3 Å². The Labute approximate surface area is 199 Å². The number of piperidine rings is 1. The van der Waals surface area contributed by atoms with E-state index >= 15 is 0 Å². The highest BCUT2D eigenvalue weighted by molar-refractivity contribution is 7.12. The van der Waals surface area contributed by atoms with Crippen molar-refractivity contribution in [1.29, 1.82) is 0 Å². The average Bonchev–Trinajstić information content (AvgIpc) is 3.44. The summed E-state index contributed by atoms with van der Waals surface area (Å²) in [6, 6.07) is 2.85. The molecule has 2 amide bonds. The van der Waals surface area contributed by atoms with E-state index in [-0.39, 0.29) is 11.6 Å². The van der Waals surface area contributed by atoms with Crippen LogP contribution in [-0.4, -0.2) is 71.2 Å². The molecule has 33 heavy (non-hydrogen) atoms. The molecule has 178 valence electrons. The zero-order chi connectivity index (χ0) is 22.8. The summed E-state index contributed by atoms with van der Waals surface area (Å²) < 4.78 is 6.48. The van der Waals surface area contributed by atoms with Crippen LogP contribution in [-0.2, 0) is 29.7 Å². The number of fused-ring (bicyclic) bond motifs is 2. The third-order valence-electron chi connectivity index (χ3n) is 7.16. The fraction of sp³-hybridized carbons (Fsp3) is 0.625. The maximum absolute atomic E-state index is 11.6. The minimum Gasteiger partial charge on any atom is -0.370 e. The zero-order valence-electron chi connectivity index (χ0n) is 19.6. The standard InChI is InChI=1S/C24H34N6O2S/c1-3-19-12-20-21(33-19)4-11-32-24(20)5-8-30(17(2)13-24)16-18-14-27-22(28-15-18)25-6-9-29-10-7-26-23(29)31/h12,14-15,17H,3-11,13,16H2,1-2H3,(H,26,31)(H,25,27,28)/t17-,24+/m0/s1. The second-order valence-electron chi connectivity index (χ2n) is 9.33. The lowest BCUT2D eigenvalue weighted by atomic mass is 9.79. The van der Waals surface area contributed by atoms with Gasteiger partial charge < -0.3 is 20.3 Å². The van der Waals surface area contributed by atoms with Crippen molar-refractivity contribution in [2.45, 2.75) is 57.7 Å². The van der Waals surface area contributed by atoms with Gasteiger partial charge in [0, 0.05) is 79.4 Å². The Morgan fingerprint density at radius 1 is 1.33 bits per heavy atom.